The molecule has 0 saturated heterocycles. The number of rotatable bonds is 8. The summed E-state index contributed by atoms with van der Waals surface area (Å²) in [4.78, 5) is 10.9. The van der Waals surface area contributed by atoms with Gasteiger partial charge in [-0.15, -0.1) is 0 Å². The van der Waals surface area contributed by atoms with Crippen molar-refractivity contribution >= 4 is 5.97 Å². The van der Waals surface area contributed by atoms with Gasteiger partial charge in [0, 0.05) is 6.42 Å². The Labute approximate surface area is 106 Å². The van der Waals surface area contributed by atoms with Gasteiger partial charge in [0.15, 0.2) is 0 Å². The van der Waals surface area contributed by atoms with Crippen LogP contribution in [0.5, 0.6) is 0 Å². The van der Waals surface area contributed by atoms with Crippen molar-refractivity contribution in [1.29, 1.82) is 0 Å². The highest BCUT2D eigenvalue weighted by Gasteiger charge is 1.98. The second-order valence-corrected chi connectivity index (χ2v) is 4.69. The fourth-order valence-corrected chi connectivity index (χ4v) is 1.55. The Morgan fingerprint density at radius 1 is 1.00 bits per heavy atom. The van der Waals surface area contributed by atoms with Crippen molar-refractivity contribution in [2.45, 2.75) is 59.3 Å². The van der Waals surface area contributed by atoms with Crippen LogP contribution in [0.15, 0.2) is 23.3 Å². The molecule has 0 aliphatic heterocycles. The normalized spacial score (nSPS) is 11.2. The summed E-state index contributed by atoms with van der Waals surface area (Å²) in [5.74, 6) is -0.103. The van der Waals surface area contributed by atoms with E-state index >= 15 is 0 Å². The predicted molar refractivity (Wildman–Crippen MR) is 72.9 cm³/mol. The number of allylic oxidation sites excluding steroid dienone is 4. The van der Waals surface area contributed by atoms with E-state index in [1.165, 1.54) is 18.3 Å². The van der Waals surface area contributed by atoms with Crippen molar-refractivity contribution in [3.8, 4) is 0 Å². The van der Waals surface area contributed by atoms with Crippen LogP contribution in [-0.2, 0) is 9.53 Å². The molecule has 0 heterocycles. The molecule has 2 heteroatoms. The van der Waals surface area contributed by atoms with Gasteiger partial charge in [0.1, 0.15) is 0 Å². The Hall–Kier alpha value is -1.05. The molecule has 0 saturated carbocycles. The number of unbranched alkanes of at least 4 members (excludes halogenated alkanes) is 2. The number of carbonyl (C=O) groups is 1. The Balaban J connectivity index is 3.56. The lowest BCUT2D eigenvalue weighted by molar-refractivity contribution is -0.140. The highest BCUT2D eigenvalue weighted by Crippen LogP contribution is 2.10. The maximum atomic E-state index is 10.9. The molecule has 0 amide bonds. The molecule has 2 nitrogen and oxygen atoms in total. The molecular weight excluding hydrogens is 212 g/mol. The van der Waals surface area contributed by atoms with Crippen LogP contribution in [0.2, 0.25) is 0 Å². The lowest BCUT2D eigenvalue weighted by Crippen LogP contribution is -1.98. The van der Waals surface area contributed by atoms with E-state index in [9.17, 15) is 4.79 Å². The molecule has 17 heavy (non-hydrogen) atoms. The van der Waals surface area contributed by atoms with Crippen molar-refractivity contribution in [3.63, 3.8) is 0 Å². The zero-order valence-corrected chi connectivity index (χ0v) is 11.7. The number of hydrogen-bond donors (Lipinski definition) is 0. The molecule has 0 spiro atoms. The smallest absolute Gasteiger partial charge is 0.305 e. The first-order chi connectivity index (χ1) is 8.06. The first kappa shape index (κ1) is 16.0. The van der Waals surface area contributed by atoms with Gasteiger partial charge in [-0.3, -0.25) is 4.79 Å². The van der Waals surface area contributed by atoms with Crippen LogP contribution in [0.3, 0.4) is 0 Å². The maximum Gasteiger partial charge on any atom is 0.305 e. The zero-order valence-electron chi connectivity index (χ0n) is 11.7. The molecule has 0 fully saturated rings. The minimum Gasteiger partial charge on any atom is -0.469 e. The third kappa shape index (κ3) is 11.2. The number of methoxy groups -OCH3 is 1. The van der Waals surface area contributed by atoms with Gasteiger partial charge in [0.05, 0.1) is 7.11 Å². The van der Waals surface area contributed by atoms with Crippen LogP contribution < -0.4 is 0 Å². The SMILES string of the molecule is COC(=O)CCCCC=C(C)CCC=C(C)C. The molecule has 0 bridgehead atoms. The van der Waals surface area contributed by atoms with E-state index in [2.05, 4.69) is 37.7 Å². The number of hydrogen-bond acceptors (Lipinski definition) is 2. The quantitative estimate of drug-likeness (QED) is 0.355. The van der Waals surface area contributed by atoms with Crippen LogP contribution >= 0.6 is 0 Å². The Morgan fingerprint density at radius 2 is 1.71 bits per heavy atom. The van der Waals surface area contributed by atoms with Gasteiger partial charge in [-0.2, -0.15) is 0 Å². The Morgan fingerprint density at radius 3 is 2.29 bits per heavy atom. The van der Waals surface area contributed by atoms with Crippen LogP contribution in [0, 0.1) is 0 Å². The van der Waals surface area contributed by atoms with Gasteiger partial charge < -0.3 is 4.74 Å². The summed E-state index contributed by atoms with van der Waals surface area (Å²) in [6.45, 7) is 6.44. The van der Waals surface area contributed by atoms with Crippen molar-refractivity contribution < 1.29 is 9.53 Å². The minimum atomic E-state index is -0.103. The molecule has 0 aliphatic rings. The second kappa shape index (κ2) is 10.1. The molecular formula is C15H26O2. The second-order valence-electron chi connectivity index (χ2n) is 4.69. The fourth-order valence-electron chi connectivity index (χ4n) is 1.55. The van der Waals surface area contributed by atoms with Crippen LogP contribution in [0.1, 0.15) is 59.3 Å². The van der Waals surface area contributed by atoms with Gasteiger partial charge >= 0.3 is 5.97 Å². The van der Waals surface area contributed by atoms with E-state index < -0.39 is 0 Å². The Kier molecular flexibility index (Phi) is 9.50. The summed E-state index contributed by atoms with van der Waals surface area (Å²) >= 11 is 0. The summed E-state index contributed by atoms with van der Waals surface area (Å²) in [6.07, 6.45) is 10.4. The fraction of sp³-hybridized carbons (Fsp3) is 0.667. The lowest BCUT2D eigenvalue weighted by Gasteiger charge is -2.00. The van der Waals surface area contributed by atoms with Gasteiger partial charge in [-0.25, -0.2) is 0 Å². The van der Waals surface area contributed by atoms with E-state index in [1.54, 1.807) is 0 Å². The Bertz CT molecular complexity index is 271. The third-order valence-corrected chi connectivity index (χ3v) is 2.65. The van der Waals surface area contributed by atoms with Gasteiger partial charge in [-0.05, 0) is 52.9 Å². The van der Waals surface area contributed by atoms with E-state index in [1.807, 2.05) is 0 Å². The third-order valence-electron chi connectivity index (χ3n) is 2.65. The maximum absolute atomic E-state index is 10.9. The van der Waals surface area contributed by atoms with Crippen molar-refractivity contribution in [3.05, 3.63) is 23.3 Å². The van der Waals surface area contributed by atoms with Crippen molar-refractivity contribution in [2.75, 3.05) is 7.11 Å². The number of carbonyl (C=O) groups excluding carboxylic acids is 1. The predicted octanol–water partition coefficient (Wildman–Crippen LogP) is 4.41. The molecule has 0 aromatic heterocycles. The monoisotopic (exact) mass is 238 g/mol. The van der Waals surface area contributed by atoms with E-state index in [0.717, 1.165) is 32.1 Å². The van der Waals surface area contributed by atoms with Crippen LogP contribution in [-0.4, -0.2) is 13.1 Å². The molecule has 0 aliphatic carbocycles. The zero-order chi connectivity index (χ0) is 13.1. The van der Waals surface area contributed by atoms with Crippen LogP contribution in [0.4, 0.5) is 0 Å². The molecule has 0 radical (unpaired) electrons. The molecule has 0 rings (SSSR count). The summed E-state index contributed by atoms with van der Waals surface area (Å²) in [5, 5.41) is 0. The molecule has 0 aromatic carbocycles. The van der Waals surface area contributed by atoms with Gasteiger partial charge in [0.25, 0.3) is 0 Å². The van der Waals surface area contributed by atoms with Gasteiger partial charge in [-0.1, -0.05) is 23.3 Å². The standard InChI is InChI=1S/C15H26O2/c1-13(2)9-8-11-14(3)10-6-5-7-12-15(16)17-4/h9-10H,5-8,11-12H2,1-4H3. The molecule has 0 atom stereocenters. The molecule has 98 valence electrons. The average Bonchev–Trinajstić information content (AvgIpc) is 2.27. The minimum absolute atomic E-state index is 0.103. The number of ether oxygens (including phenoxy) is 1. The summed E-state index contributed by atoms with van der Waals surface area (Å²) in [5.41, 5.74) is 2.83. The summed E-state index contributed by atoms with van der Waals surface area (Å²) in [6, 6.07) is 0. The van der Waals surface area contributed by atoms with E-state index in [4.69, 9.17) is 0 Å². The molecule has 0 unspecified atom stereocenters. The highest BCUT2D eigenvalue weighted by atomic mass is 16.5. The summed E-state index contributed by atoms with van der Waals surface area (Å²) in [7, 11) is 1.44. The first-order valence-electron chi connectivity index (χ1n) is 6.42. The first-order valence-corrected chi connectivity index (χ1v) is 6.42. The average molecular weight is 238 g/mol. The van der Waals surface area contributed by atoms with Crippen LogP contribution in [0.25, 0.3) is 0 Å². The molecule has 0 N–H and O–H groups in total. The topological polar surface area (TPSA) is 26.3 Å². The number of esters is 1. The van der Waals surface area contributed by atoms with E-state index in [0.29, 0.717) is 6.42 Å². The summed E-state index contributed by atoms with van der Waals surface area (Å²) < 4.78 is 4.59. The lowest BCUT2D eigenvalue weighted by atomic mass is 10.1. The largest absolute Gasteiger partial charge is 0.469 e. The van der Waals surface area contributed by atoms with Crippen molar-refractivity contribution in [2.24, 2.45) is 0 Å². The molecule has 0 aromatic rings. The van der Waals surface area contributed by atoms with Crippen molar-refractivity contribution in [1.82, 2.24) is 0 Å². The van der Waals surface area contributed by atoms with E-state index in [-0.39, 0.29) is 5.97 Å². The van der Waals surface area contributed by atoms with Gasteiger partial charge in [0.2, 0.25) is 0 Å². The highest BCUT2D eigenvalue weighted by molar-refractivity contribution is 5.68.